The third-order valence-electron chi connectivity index (χ3n) is 7.19. The van der Waals surface area contributed by atoms with Crippen LogP contribution in [-0.4, -0.2) is 48.9 Å². The van der Waals surface area contributed by atoms with Crippen molar-refractivity contribution in [3.63, 3.8) is 0 Å². The normalized spacial score (nSPS) is 11.2. The lowest BCUT2D eigenvalue weighted by Gasteiger charge is -2.23. The Morgan fingerprint density at radius 2 is 1.44 bits per heavy atom. The van der Waals surface area contributed by atoms with Crippen LogP contribution in [0.5, 0.6) is 5.75 Å². The Morgan fingerprint density at radius 3 is 2.13 bits per heavy atom. The molecule has 0 saturated heterocycles. The molecule has 0 aliphatic heterocycles. The number of methoxy groups -OCH3 is 1. The zero-order valence-corrected chi connectivity index (χ0v) is 24.8. The summed E-state index contributed by atoms with van der Waals surface area (Å²) >= 11 is 0. The van der Waals surface area contributed by atoms with E-state index in [1.54, 1.807) is 59.8 Å². The number of nitrogens with zero attached hydrogens (tertiary/aromatic N) is 2. The first-order valence-electron chi connectivity index (χ1n) is 14.6. The minimum atomic E-state index is -0.732. The molecule has 8 nitrogen and oxygen atoms in total. The van der Waals surface area contributed by atoms with E-state index in [2.05, 4.69) is 10.3 Å². The van der Waals surface area contributed by atoms with Crippen molar-refractivity contribution >= 4 is 29.0 Å². The van der Waals surface area contributed by atoms with E-state index in [4.69, 9.17) is 9.47 Å². The Bertz CT molecular complexity index is 1710. The lowest BCUT2D eigenvalue weighted by molar-refractivity contribution is -0.141. The topological polar surface area (TPSA) is 97.8 Å². The van der Waals surface area contributed by atoms with Crippen LogP contribution in [0.2, 0.25) is 0 Å². The molecular formula is C37H33N3O5. The standard InChI is InChI=1S/C37H33N3O5/c1-44-37(43)34(39-33-17-9-8-16-32(33)35(41)28-11-4-2-5-12-28)25-27-18-20-31(21-19-27)45-24-23-40(30-14-6-3-7-15-30)36(42)29-13-10-22-38-26-29/h2-22,26,34,39H,23-25H2,1H3. The maximum Gasteiger partial charge on any atom is 0.328 e. The van der Waals surface area contributed by atoms with Gasteiger partial charge in [0.05, 0.1) is 19.2 Å². The van der Waals surface area contributed by atoms with Crippen molar-refractivity contribution in [2.45, 2.75) is 12.5 Å². The Hall–Kier alpha value is -5.76. The molecule has 1 amide bonds. The number of ether oxygens (including phenoxy) is 2. The number of rotatable bonds is 13. The van der Waals surface area contributed by atoms with Gasteiger partial charge in [-0.25, -0.2) is 4.79 Å². The maximum atomic E-state index is 13.2. The van der Waals surface area contributed by atoms with E-state index in [1.807, 2.05) is 78.9 Å². The Morgan fingerprint density at radius 1 is 0.778 bits per heavy atom. The molecule has 0 fully saturated rings. The van der Waals surface area contributed by atoms with Crippen molar-refractivity contribution in [1.82, 2.24) is 4.98 Å². The predicted molar refractivity (Wildman–Crippen MR) is 174 cm³/mol. The van der Waals surface area contributed by atoms with Crippen LogP contribution >= 0.6 is 0 Å². The monoisotopic (exact) mass is 599 g/mol. The number of nitrogens with one attached hydrogen (secondary N) is 1. The molecule has 45 heavy (non-hydrogen) atoms. The number of hydrogen-bond donors (Lipinski definition) is 1. The lowest BCUT2D eigenvalue weighted by atomic mass is 10.00. The number of hydrogen-bond acceptors (Lipinski definition) is 7. The highest BCUT2D eigenvalue weighted by atomic mass is 16.5. The second-order valence-electron chi connectivity index (χ2n) is 10.2. The van der Waals surface area contributed by atoms with Crippen molar-refractivity contribution in [2.24, 2.45) is 0 Å². The lowest BCUT2D eigenvalue weighted by Crippen LogP contribution is -2.34. The fourth-order valence-corrected chi connectivity index (χ4v) is 4.89. The average Bonchev–Trinajstić information content (AvgIpc) is 3.11. The van der Waals surface area contributed by atoms with Gasteiger partial charge in [0.1, 0.15) is 18.4 Å². The van der Waals surface area contributed by atoms with Gasteiger partial charge < -0.3 is 19.7 Å². The quantitative estimate of drug-likeness (QED) is 0.127. The SMILES string of the molecule is COC(=O)C(Cc1ccc(OCCN(C(=O)c2cccnc2)c2ccccc2)cc1)Nc1ccccc1C(=O)c1ccccc1. The highest BCUT2D eigenvalue weighted by Gasteiger charge is 2.23. The molecule has 226 valence electrons. The number of ketones is 1. The zero-order chi connectivity index (χ0) is 31.4. The van der Waals surface area contributed by atoms with Crippen molar-refractivity contribution in [1.29, 1.82) is 0 Å². The molecule has 1 heterocycles. The van der Waals surface area contributed by atoms with Gasteiger partial charge >= 0.3 is 5.97 Å². The highest BCUT2D eigenvalue weighted by Crippen LogP contribution is 2.23. The average molecular weight is 600 g/mol. The Labute approximate surface area is 262 Å². The number of esters is 1. The van der Waals surface area contributed by atoms with Crippen LogP contribution in [0, 0.1) is 0 Å². The van der Waals surface area contributed by atoms with Crippen LogP contribution in [0.1, 0.15) is 31.8 Å². The van der Waals surface area contributed by atoms with Gasteiger partial charge in [0.25, 0.3) is 5.91 Å². The first-order chi connectivity index (χ1) is 22.0. The molecule has 0 saturated carbocycles. The summed E-state index contributed by atoms with van der Waals surface area (Å²) in [6.07, 6.45) is 3.50. The first kappa shape index (κ1) is 30.7. The smallest absolute Gasteiger partial charge is 0.328 e. The highest BCUT2D eigenvalue weighted by molar-refractivity contribution is 6.12. The fourth-order valence-electron chi connectivity index (χ4n) is 4.89. The van der Waals surface area contributed by atoms with Crippen LogP contribution in [0.3, 0.4) is 0 Å². The molecule has 1 aromatic heterocycles. The van der Waals surface area contributed by atoms with E-state index < -0.39 is 12.0 Å². The van der Waals surface area contributed by atoms with Crippen LogP contribution in [-0.2, 0) is 16.0 Å². The largest absolute Gasteiger partial charge is 0.492 e. The van der Waals surface area contributed by atoms with Crippen LogP contribution in [0.25, 0.3) is 0 Å². The molecule has 5 rings (SSSR count). The summed E-state index contributed by atoms with van der Waals surface area (Å²) in [5, 5.41) is 3.23. The van der Waals surface area contributed by atoms with Gasteiger partial charge in [-0.3, -0.25) is 14.6 Å². The molecule has 0 spiro atoms. The molecule has 0 bridgehead atoms. The number of amides is 1. The number of carbonyl (C=O) groups is 3. The molecular weight excluding hydrogens is 566 g/mol. The van der Waals surface area contributed by atoms with Gasteiger partial charge in [-0.05, 0) is 54.1 Å². The van der Waals surface area contributed by atoms with Gasteiger partial charge in [0, 0.05) is 41.3 Å². The van der Waals surface area contributed by atoms with Gasteiger partial charge in [-0.1, -0.05) is 72.8 Å². The minimum absolute atomic E-state index is 0.142. The third-order valence-corrected chi connectivity index (χ3v) is 7.19. The molecule has 8 heteroatoms. The van der Waals surface area contributed by atoms with Gasteiger partial charge in [-0.15, -0.1) is 0 Å². The summed E-state index contributed by atoms with van der Waals surface area (Å²) in [4.78, 5) is 45.0. The van der Waals surface area contributed by atoms with E-state index in [9.17, 15) is 14.4 Å². The number of anilines is 2. The van der Waals surface area contributed by atoms with Gasteiger partial charge in [0.2, 0.25) is 0 Å². The van der Waals surface area contributed by atoms with Crippen LogP contribution < -0.4 is 15.0 Å². The number of pyridine rings is 1. The summed E-state index contributed by atoms with van der Waals surface area (Å²) in [6.45, 7) is 0.591. The van der Waals surface area contributed by atoms with Crippen molar-refractivity contribution in [2.75, 3.05) is 30.5 Å². The summed E-state index contributed by atoms with van der Waals surface area (Å²) < 4.78 is 11.1. The number of benzene rings is 4. The van der Waals surface area contributed by atoms with E-state index in [0.717, 1.165) is 11.3 Å². The fraction of sp³-hybridized carbons (Fsp3) is 0.135. The third kappa shape index (κ3) is 8.00. The Kier molecular flexibility index (Phi) is 10.3. The second-order valence-corrected chi connectivity index (χ2v) is 10.2. The molecule has 0 aliphatic carbocycles. The summed E-state index contributed by atoms with van der Waals surface area (Å²) in [7, 11) is 1.34. The summed E-state index contributed by atoms with van der Waals surface area (Å²) in [5.74, 6) is -0.128. The van der Waals surface area contributed by atoms with E-state index >= 15 is 0 Å². The van der Waals surface area contributed by atoms with Crippen molar-refractivity contribution < 1.29 is 23.9 Å². The molecule has 4 aromatic carbocycles. The van der Waals surface area contributed by atoms with Crippen LogP contribution in [0.4, 0.5) is 11.4 Å². The summed E-state index contributed by atoms with van der Waals surface area (Å²) in [6, 6.07) is 35.7. The van der Waals surface area contributed by atoms with E-state index in [0.29, 0.717) is 41.1 Å². The van der Waals surface area contributed by atoms with E-state index in [-0.39, 0.29) is 18.3 Å². The van der Waals surface area contributed by atoms with Gasteiger partial charge in [-0.2, -0.15) is 0 Å². The molecule has 1 atom stereocenters. The summed E-state index contributed by atoms with van der Waals surface area (Å²) in [5.41, 5.74) is 3.70. The van der Waals surface area contributed by atoms with Crippen LogP contribution in [0.15, 0.2) is 134 Å². The maximum absolute atomic E-state index is 13.2. The molecule has 0 aliphatic rings. The minimum Gasteiger partial charge on any atom is -0.492 e. The molecule has 1 N–H and O–H groups in total. The van der Waals surface area contributed by atoms with Gasteiger partial charge in [0.15, 0.2) is 5.78 Å². The van der Waals surface area contributed by atoms with Crippen molar-refractivity contribution in [3.05, 3.63) is 156 Å². The van der Waals surface area contributed by atoms with Crippen molar-refractivity contribution in [3.8, 4) is 5.75 Å². The number of carbonyl (C=O) groups excluding carboxylic acids is 3. The second kappa shape index (κ2) is 15.1. The molecule has 5 aromatic rings. The van der Waals surface area contributed by atoms with E-state index in [1.165, 1.54) is 7.11 Å². The first-order valence-corrected chi connectivity index (χ1v) is 14.6. The predicted octanol–water partition coefficient (Wildman–Crippen LogP) is 6.23. The Balaban J connectivity index is 1.24. The zero-order valence-electron chi connectivity index (χ0n) is 24.8. The number of para-hydroxylation sites is 2. The molecule has 1 unspecified atom stereocenters. The number of aromatic nitrogens is 1. The molecule has 0 radical (unpaired) electrons.